The number of nitrogens with two attached hydrogens (primary N) is 1. The van der Waals surface area contributed by atoms with Gasteiger partial charge in [0.15, 0.2) is 0 Å². The van der Waals surface area contributed by atoms with E-state index in [1.165, 1.54) is 0 Å². The Hall–Kier alpha value is -4.31. The lowest BCUT2D eigenvalue weighted by molar-refractivity contribution is -0.111. The van der Waals surface area contributed by atoms with Crippen LogP contribution < -0.4 is 21.3 Å². The molecule has 1 aliphatic rings. The summed E-state index contributed by atoms with van der Waals surface area (Å²) in [5.74, 6) is -1.63. The zero-order valence-electron chi connectivity index (χ0n) is 19.4. The summed E-state index contributed by atoms with van der Waals surface area (Å²) in [5.41, 5.74) is 8.73. The molecule has 0 spiro atoms. The Balaban J connectivity index is 1.66. The van der Waals surface area contributed by atoms with Crippen LogP contribution in [0.1, 0.15) is 5.56 Å². The second-order valence-corrected chi connectivity index (χ2v) is 8.21. The Morgan fingerprint density at radius 2 is 1.83 bits per heavy atom. The molecule has 1 aliphatic heterocycles. The zero-order chi connectivity index (χ0) is 24.9. The fourth-order valence-corrected chi connectivity index (χ4v) is 3.87. The molecule has 0 unspecified atom stereocenters. The minimum Gasteiger partial charge on any atom is -0.383 e. The second kappa shape index (κ2) is 10.3. The van der Waals surface area contributed by atoms with Crippen LogP contribution in [0.2, 0.25) is 0 Å². The lowest BCUT2D eigenvalue weighted by Gasteiger charge is -2.34. The molecule has 1 aromatic heterocycles. The molecule has 10 heteroatoms. The molecule has 35 heavy (non-hydrogen) atoms. The van der Waals surface area contributed by atoms with Gasteiger partial charge in [-0.15, -0.1) is 0 Å². The van der Waals surface area contributed by atoms with Crippen molar-refractivity contribution in [2.75, 3.05) is 54.5 Å². The van der Waals surface area contributed by atoms with Crippen molar-refractivity contribution >= 4 is 40.7 Å². The van der Waals surface area contributed by atoms with Gasteiger partial charge in [-0.25, -0.2) is 4.98 Å². The van der Waals surface area contributed by atoms with Crippen molar-refractivity contribution in [1.29, 1.82) is 5.41 Å². The van der Waals surface area contributed by atoms with E-state index >= 15 is 0 Å². The van der Waals surface area contributed by atoms with Crippen molar-refractivity contribution in [3.05, 3.63) is 66.7 Å². The molecule has 0 bridgehead atoms. The predicted octanol–water partition coefficient (Wildman–Crippen LogP) is 3.64. The first-order valence-electron chi connectivity index (χ1n) is 11.1. The van der Waals surface area contributed by atoms with Crippen LogP contribution in [0.4, 0.5) is 33.2 Å². The zero-order valence-corrected chi connectivity index (χ0v) is 19.4. The first-order chi connectivity index (χ1) is 16.8. The normalized spacial score (nSPS) is 13.8. The van der Waals surface area contributed by atoms with Gasteiger partial charge in [0.25, 0.3) is 0 Å². The van der Waals surface area contributed by atoms with Crippen molar-refractivity contribution < 1.29 is 9.18 Å². The number of nitrogens with zero attached hydrogens (tertiary/aromatic N) is 4. The van der Waals surface area contributed by atoms with Crippen molar-refractivity contribution in [3.8, 4) is 11.3 Å². The number of benzene rings is 2. The van der Waals surface area contributed by atoms with Crippen LogP contribution in [-0.2, 0) is 4.79 Å². The minimum absolute atomic E-state index is 0.137. The molecular formula is C25H27FN8O. The van der Waals surface area contributed by atoms with E-state index in [0.29, 0.717) is 11.3 Å². The van der Waals surface area contributed by atoms with Gasteiger partial charge in [0.1, 0.15) is 5.82 Å². The van der Waals surface area contributed by atoms with E-state index in [1.807, 2.05) is 24.3 Å². The summed E-state index contributed by atoms with van der Waals surface area (Å²) in [6.07, 6.45) is 1.15. The van der Waals surface area contributed by atoms with Gasteiger partial charge < -0.3 is 26.2 Å². The van der Waals surface area contributed by atoms with Crippen LogP contribution in [0.25, 0.3) is 11.3 Å². The van der Waals surface area contributed by atoms with Crippen LogP contribution in [-0.4, -0.2) is 60.0 Å². The third kappa shape index (κ3) is 5.61. The number of carbonyl (C=O) groups excluding carboxylic acids is 1. The number of piperazine rings is 1. The maximum Gasteiger partial charge on any atom is 0.247 e. The summed E-state index contributed by atoms with van der Waals surface area (Å²) >= 11 is 0. The van der Waals surface area contributed by atoms with Gasteiger partial charge in [-0.05, 0) is 43.5 Å². The number of likely N-dealkylation sites (N-methyl/N-ethyl adjacent to an activating group) is 1. The third-order valence-corrected chi connectivity index (χ3v) is 5.72. The average molecular weight is 475 g/mol. The molecule has 1 fully saturated rings. The van der Waals surface area contributed by atoms with Gasteiger partial charge in [0, 0.05) is 48.8 Å². The van der Waals surface area contributed by atoms with E-state index < -0.39 is 5.97 Å². The molecule has 180 valence electrons. The van der Waals surface area contributed by atoms with Crippen LogP contribution in [0.15, 0.2) is 61.2 Å². The minimum atomic E-state index is -1.25. The number of amides is 1. The Bertz CT molecular complexity index is 1270. The number of carbonyl (C=O) groups is 1. The van der Waals surface area contributed by atoms with Crippen LogP contribution in [0.3, 0.4) is 0 Å². The number of halogens is 1. The largest absolute Gasteiger partial charge is 0.383 e. The maximum atomic E-state index is 14.2. The van der Waals surface area contributed by atoms with Gasteiger partial charge >= 0.3 is 0 Å². The summed E-state index contributed by atoms with van der Waals surface area (Å²) in [7, 11) is 2.11. The average Bonchev–Trinajstić information content (AvgIpc) is 2.84. The highest BCUT2D eigenvalue weighted by Gasteiger charge is 2.20. The molecule has 0 aliphatic carbocycles. The molecule has 2 aromatic carbocycles. The highest BCUT2D eigenvalue weighted by atomic mass is 19.1. The van der Waals surface area contributed by atoms with E-state index in [1.54, 1.807) is 24.3 Å². The summed E-state index contributed by atoms with van der Waals surface area (Å²) in [5, 5.41) is 13.4. The number of nitrogen functional groups attached to an aromatic ring is 1. The molecule has 3 aromatic rings. The van der Waals surface area contributed by atoms with Crippen LogP contribution in [0.5, 0.6) is 0 Å². The molecule has 0 saturated carbocycles. The molecule has 0 radical (unpaired) electrons. The first-order valence-corrected chi connectivity index (χ1v) is 11.1. The van der Waals surface area contributed by atoms with E-state index in [0.717, 1.165) is 43.6 Å². The molecular weight excluding hydrogens is 447 g/mol. The number of nitrogens with one attached hydrogen (secondary N) is 3. The standard InChI is InChI=1S/C25H27FN8O/c1-3-20(35)29-17-7-4-6-16(14-17)22-21(23(26)27)24(28)32-25(31-22)30-18-8-5-9-19(15-18)34-12-10-33(2)11-13-34/h3-9,14-15,27H,1,10-13H2,2H3,(H,29,35)(H3,28,30,31,32). The maximum absolute atomic E-state index is 14.2. The van der Waals surface area contributed by atoms with Gasteiger partial charge in [0.2, 0.25) is 17.8 Å². The van der Waals surface area contributed by atoms with Crippen molar-refractivity contribution in [3.63, 3.8) is 0 Å². The summed E-state index contributed by atoms with van der Waals surface area (Å²) in [4.78, 5) is 24.9. The van der Waals surface area contributed by atoms with Gasteiger partial charge in [-0.2, -0.15) is 9.37 Å². The van der Waals surface area contributed by atoms with E-state index in [9.17, 15) is 9.18 Å². The molecule has 0 atom stereocenters. The SMILES string of the molecule is C=CC(=O)Nc1cccc(-c2nc(Nc3cccc(N4CCN(C)CC4)c3)nc(N)c2C(=N)F)c1. The summed E-state index contributed by atoms with van der Waals surface area (Å²) in [6.45, 7) is 7.28. The molecule has 4 rings (SSSR count). The van der Waals surface area contributed by atoms with Gasteiger partial charge in [0.05, 0.1) is 11.3 Å². The van der Waals surface area contributed by atoms with Crippen LogP contribution in [0, 0.1) is 5.41 Å². The lowest BCUT2D eigenvalue weighted by atomic mass is 10.1. The fourth-order valence-electron chi connectivity index (χ4n) is 3.87. The van der Waals surface area contributed by atoms with Crippen molar-refractivity contribution in [2.45, 2.75) is 0 Å². The van der Waals surface area contributed by atoms with Gasteiger partial charge in [-0.1, -0.05) is 24.8 Å². The predicted molar refractivity (Wildman–Crippen MR) is 138 cm³/mol. The lowest BCUT2D eigenvalue weighted by Crippen LogP contribution is -2.44. The fraction of sp³-hybridized carbons (Fsp3) is 0.200. The monoisotopic (exact) mass is 474 g/mol. The van der Waals surface area contributed by atoms with Crippen LogP contribution >= 0.6 is 0 Å². The molecule has 5 N–H and O–H groups in total. The van der Waals surface area contributed by atoms with Crippen molar-refractivity contribution in [2.24, 2.45) is 0 Å². The Labute approximate surface area is 203 Å². The Morgan fingerprint density at radius 3 is 2.54 bits per heavy atom. The third-order valence-electron chi connectivity index (χ3n) is 5.72. The smallest absolute Gasteiger partial charge is 0.247 e. The first kappa shape index (κ1) is 23.8. The number of rotatable bonds is 7. The summed E-state index contributed by atoms with van der Waals surface area (Å²) in [6, 6.07) is 14.5. The Kier molecular flexibility index (Phi) is 7.02. The van der Waals surface area contributed by atoms with Crippen molar-refractivity contribution in [1.82, 2.24) is 14.9 Å². The summed E-state index contributed by atoms with van der Waals surface area (Å²) < 4.78 is 14.2. The van der Waals surface area contributed by atoms with E-state index in [4.69, 9.17) is 11.1 Å². The topological polar surface area (TPSA) is 123 Å². The number of aromatic nitrogens is 2. The second-order valence-electron chi connectivity index (χ2n) is 8.21. The number of anilines is 5. The van der Waals surface area contributed by atoms with E-state index in [-0.39, 0.29) is 28.9 Å². The highest BCUT2D eigenvalue weighted by molar-refractivity contribution is 6.03. The molecule has 1 amide bonds. The quantitative estimate of drug-likeness (QED) is 0.304. The van der Waals surface area contributed by atoms with E-state index in [2.05, 4.69) is 44.0 Å². The number of hydrogen-bond donors (Lipinski definition) is 4. The highest BCUT2D eigenvalue weighted by Crippen LogP contribution is 2.30. The molecule has 9 nitrogen and oxygen atoms in total. The van der Waals surface area contributed by atoms with Gasteiger partial charge in [-0.3, -0.25) is 10.2 Å². The molecule has 1 saturated heterocycles. The Morgan fingerprint density at radius 1 is 1.11 bits per heavy atom. The molecule has 2 heterocycles. The number of hydrogen-bond acceptors (Lipinski definition) is 8.